The van der Waals surface area contributed by atoms with Gasteiger partial charge in [0, 0.05) is 0 Å². The number of hydrogen-bond acceptors (Lipinski definition) is 4. The predicted molar refractivity (Wildman–Crippen MR) is 171 cm³/mol. The van der Waals surface area contributed by atoms with Crippen LogP contribution in [0.1, 0.15) is 139 Å². The maximum atomic E-state index is 14.5. The third-order valence-electron chi connectivity index (χ3n) is 14.8. The number of carbonyl (C=O) groups is 2. The molecule has 0 heterocycles. The second kappa shape index (κ2) is 10.7. The van der Waals surface area contributed by atoms with Crippen LogP contribution in [0.25, 0.3) is 0 Å². The van der Waals surface area contributed by atoms with Crippen molar-refractivity contribution >= 4 is 11.7 Å². The molecule has 1 amide bonds. The van der Waals surface area contributed by atoms with Crippen LogP contribution < -0.4 is 11.1 Å². The lowest BCUT2D eigenvalue weighted by Gasteiger charge is -2.71. The Morgan fingerprint density at radius 3 is 2.31 bits per heavy atom. The zero-order valence-corrected chi connectivity index (χ0v) is 28.2. The van der Waals surface area contributed by atoms with Gasteiger partial charge in [0.2, 0.25) is 5.91 Å². The van der Waals surface area contributed by atoms with Crippen LogP contribution in [-0.4, -0.2) is 35.5 Å². The lowest BCUT2D eigenvalue weighted by Crippen LogP contribution is -2.65. The molecular weight excluding hydrogens is 520 g/mol. The summed E-state index contributed by atoms with van der Waals surface area (Å²) < 4.78 is 0. The number of unbranched alkanes of at least 4 members (excludes halogenated alkanes) is 1. The Morgan fingerprint density at radius 2 is 1.64 bits per heavy atom. The molecule has 0 unspecified atom stereocenters. The van der Waals surface area contributed by atoms with E-state index in [1.54, 1.807) is 12.5 Å². The topological polar surface area (TPSA) is 92.4 Å². The van der Waals surface area contributed by atoms with Crippen LogP contribution in [0, 0.1) is 50.2 Å². The number of ketones is 1. The van der Waals surface area contributed by atoms with Crippen molar-refractivity contribution < 1.29 is 14.7 Å². The number of fused-ring (bicyclic) bond motifs is 7. The Kier molecular flexibility index (Phi) is 8.21. The highest BCUT2D eigenvalue weighted by Gasteiger charge is 2.69. The molecule has 0 bridgehead atoms. The minimum absolute atomic E-state index is 0.0518. The Balaban J connectivity index is 1.51. The van der Waals surface area contributed by atoms with Gasteiger partial charge in [-0.15, -0.1) is 0 Å². The molecule has 0 spiro atoms. The fourth-order valence-electron chi connectivity index (χ4n) is 11.8. The maximum absolute atomic E-state index is 14.5. The second-order valence-corrected chi connectivity index (χ2v) is 17.7. The zero-order chi connectivity index (χ0) is 30.9. The molecular formula is C37H62N2O3. The van der Waals surface area contributed by atoms with Crippen molar-refractivity contribution in [2.24, 2.45) is 56.0 Å². The number of rotatable bonds is 7. The second-order valence-electron chi connectivity index (χ2n) is 17.7. The Labute approximate surface area is 256 Å². The number of amides is 1. The SMILES string of the molecule is CC(=O)[C@H](CCCCN)NC(=O)[C@]12CCC(C)(C)C[C@H]1C1=CC[C@@H]3[C@@]4(C)CC[C@H](O)C(C)(C)[C@@H]4CC[C@@]3(C)[C@]1(C)CC2. The van der Waals surface area contributed by atoms with Crippen molar-refractivity contribution in [1.82, 2.24) is 5.32 Å². The van der Waals surface area contributed by atoms with Crippen LogP contribution in [0.15, 0.2) is 11.6 Å². The monoisotopic (exact) mass is 582 g/mol. The molecule has 4 N–H and O–H groups in total. The first kappa shape index (κ1) is 32.2. The van der Waals surface area contributed by atoms with Crippen LogP contribution in [0.5, 0.6) is 0 Å². The van der Waals surface area contributed by atoms with E-state index in [-0.39, 0.29) is 50.8 Å². The third kappa shape index (κ3) is 4.68. The number of Topliss-reactive ketones (excluding diaryl/α,β-unsaturated/α-hetero) is 1. The molecule has 42 heavy (non-hydrogen) atoms. The molecule has 238 valence electrons. The van der Waals surface area contributed by atoms with Gasteiger partial charge in [0.05, 0.1) is 17.6 Å². The number of hydrogen-bond donors (Lipinski definition) is 3. The average Bonchev–Trinajstić information content (AvgIpc) is 2.90. The molecule has 5 aliphatic carbocycles. The first-order valence-electron chi connectivity index (χ1n) is 17.4. The fraction of sp³-hybridized carbons (Fsp3) is 0.892. The summed E-state index contributed by atoms with van der Waals surface area (Å²) in [6, 6.07) is -0.412. The molecule has 9 atom stereocenters. The number of aliphatic hydroxyl groups excluding tert-OH is 1. The molecule has 0 aromatic heterocycles. The van der Waals surface area contributed by atoms with Gasteiger partial charge in [-0.25, -0.2) is 0 Å². The molecule has 0 saturated heterocycles. The van der Waals surface area contributed by atoms with Gasteiger partial charge in [0.25, 0.3) is 0 Å². The highest BCUT2D eigenvalue weighted by atomic mass is 16.3. The van der Waals surface area contributed by atoms with Crippen LogP contribution in [0.4, 0.5) is 0 Å². The van der Waals surface area contributed by atoms with Gasteiger partial charge in [-0.05, 0) is 142 Å². The van der Waals surface area contributed by atoms with E-state index in [0.29, 0.717) is 24.8 Å². The quantitative estimate of drug-likeness (QED) is 0.216. The van der Waals surface area contributed by atoms with Gasteiger partial charge in [-0.3, -0.25) is 9.59 Å². The van der Waals surface area contributed by atoms with Crippen molar-refractivity contribution in [2.45, 2.75) is 151 Å². The molecule has 5 heteroatoms. The smallest absolute Gasteiger partial charge is 0.227 e. The Hall–Kier alpha value is -1.20. The molecule has 0 aromatic rings. The van der Waals surface area contributed by atoms with Crippen molar-refractivity contribution in [3.63, 3.8) is 0 Å². The van der Waals surface area contributed by atoms with Crippen LogP contribution in [0.3, 0.4) is 0 Å². The minimum Gasteiger partial charge on any atom is -0.393 e. The lowest BCUT2D eigenvalue weighted by molar-refractivity contribution is -0.203. The van der Waals surface area contributed by atoms with Crippen LogP contribution in [-0.2, 0) is 9.59 Å². The zero-order valence-electron chi connectivity index (χ0n) is 28.2. The van der Waals surface area contributed by atoms with E-state index in [9.17, 15) is 14.7 Å². The first-order chi connectivity index (χ1) is 19.5. The van der Waals surface area contributed by atoms with Gasteiger partial charge in [-0.1, -0.05) is 60.1 Å². The van der Waals surface area contributed by atoms with Gasteiger partial charge in [0.1, 0.15) is 0 Å². The minimum atomic E-state index is -0.427. The molecule has 0 aliphatic heterocycles. The van der Waals surface area contributed by atoms with E-state index in [1.165, 1.54) is 12.8 Å². The van der Waals surface area contributed by atoms with E-state index in [1.807, 2.05) is 0 Å². The third-order valence-corrected chi connectivity index (χ3v) is 14.8. The van der Waals surface area contributed by atoms with E-state index < -0.39 is 11.5 Å². The summed E-state index contributed by atoms with van der Waals surface area (Å²) in [5.41, 5.74) is 7.46. The van der Waals surface area contributed by atoms with Crippen LogP contribution >= 0.6 is 0 Å². The van der Waals surface area contributed by atoms with Gasteiger partial charge in [0.15, 0.2) is 5.78 Å². The summed E-state index contributed by atoms with van der Waals surface area (Å²) in [7, 11) is 0. The summed E-state index contributed by atoms with van der Waals surface area (Å²) in [6.07, 6.45) is 15.3. The molecule has 5 nitrogen and oxygen atoms in total. The van der Waals surface area contributed by atoms with Gasteiger partial charge < -0.3 is 16.2 Å². The first-order valence-corrected chi connectivity index (χ1v) is 17.4. The summed E-state index contributed by atoms with van der Waals surface area (Å²) in [5, 5.41) is 14.3. The number of carbonyl (C=O) groups excluding carboxylic acids is 2. The summed E-state index contributed by atoms with van der Waals surface area (Å²) in [4.78, 5) is 27.1. The van der Waals surface area contributed by atoms with Gasteiger partial charge >= 0.3 is 0 Å². The molecule has 0 radical (unpaired) electrons. The van der Waals surface area contributed by atoms with Crippen molar-refractivity contribution in [3.05, 3.63) is 11.6 Å². The largest absolute Gasteiger partial charge is 0.393 e. The summed E-state index contributed by atoms with van der Waals surface area (Å²) >= 11 is 0. The lowest BCUT2D eigenvalue weighted by atomic mass is 9.33. The number of nitrogens with two attached hydrogens (primary N) is 1. The van der Waals surface area contributed by atoms with Crippen molar-refractivity contribution in [3.8, 4) is 0 Å². The highest BCUT2D eigenvalue weighted by Crippen LogP contribution is 2.75. The van der Waals surface area contributed by atoms with Gasteiger partial charge in [-0.2, -0.15) is 0 Å². The Bertz CT molecular complexity index is 1110. The molecule has 5 aliphatic rings. The number of allylic oxidation sites excluding steroid dienone is 2. The van der Waals surface area contributed by atoms with Crippen molar-refractivity contribution in [2.75, 3.05) is 6.54 Å². The molecule has 5 rings (SSSR count). The molecule has 4 fully saturated rings. The average molecular weight is 583 g/mol. The molecule has 4 saturated carbocycles. The Morgan fingerprint density at radius 1 is 0.952 bits per heavy atom. The fourth-order valence-corrected chi connectivity index (χ4v) is 11.8. The standard InChI is InChI=1S/C37H62N2O3/c1-24(40)27(11-9-10-22-38)39-31(42)37-20-18-32(2,3)23-26(37)25-12-13-29-34(6)16-15-30(41)33(4,5)28(34)14-17-36(29,8)35(25,7)19-21-37/h12,26-30,41H,9-11,13-23,38H2,1-8H3,(H,39,42)/t26-,27-,28-,29+,30-,34-,35+,36+,37-/m0/s1. The summed E-state index contributed by atoms with van der Waals surface area (Å²) in [6.45, 7) is 19.4. The maximum Gasteiger partial charge on any atom is 0.227 e. The normalized spacial score (nSPS) is 44.4. The molecule has 0 aromatic carbocycles. The number of nitrogens with one attached hydrogen (secondary N) is 1. The van der Waals surface area contributed by atoms with E-state index >= 15 is 0 Å². The highest BCUT2D eigenvalue weighted by molar-refractivity contribution is 5.90. The number of aliphatic hydroxyl groups is 1. The van der Waals surface area contributed by atoms with E-state index in [0.717, 1.165) is 64.2 Å². The van der Waals surface area contributed by atoms with Crippen molar-refractivity contribution in [1.29, 1.82) is 0 Å². The van der Waals surface area contributed by atoms with E-state index in [4.69, 9.17) is 5.73 Å². The summed E-state index contributed by atoms with van der Waals surface area (Å²) in [5.74, 6) is 1.54. The predicted octanol–water partition coefficient (Wildman–Crippen LogP) is 7.35. The van der Waals surface area contributed by atoms with Crippen LogP contribution in [0.2, 0.25) is 0 Å². The van der Waals surface area contributed by atoms with E-state index in [2.05, 4.69) is 59.9 Å².